The van der Waals surface area contributed by atoms with E-state index >= 15 is 0 Å². The zero-order valence-corrected chi connectivity index (χ0v) is 12.4. The van der Waals surface area contributed by atoms with Crippen molar-refractivity contribution in [3.05, 3.63) is 54.7 Å². The highest BCUT2D eigenvalue weighted by atomic mass is 16.5. The van der Waals surface area contributed by atoms with E-state index in [2.05, 4.69) is 9.97 Å². The number of rotatable bonds is 3. The number of hydrogen-bond acceptors (Lipinski definition) is 5. The Bertz CT molecular complexity index is 798. The summed E-state index contributed by atoms with van der Waals surface area (Å²) in [6.07, 6.45) is 5.45. The van der Waals surface area contributed by atoms with Crippen molar-refractivity contribution in [2.75, 3.05) is 13.1 Å². The first kappa shape index (κ1) is 13.8. The Hall–Kier alpha value is -2.89. The molecule has 0 N–H and O–H groups in total. The minimum absolute atomic E-state index is 0.0694. The molecule has 1 aromatic carbocycles. The molecule has 0 aliphatic carbocycles. The fourth-order valence-corrected chi connectivity index (χ4v) is 2.77. The Balaban J connectivity index is 1.45. The fraction of sp³-hybridized carbons (Fsp3) is 0.235. The number of carbonyl (C=O) groups excluding carboxylic acids is 1. The lowest BCUT2D eigenvalue weighted by Crippen LogP contribution is -2.30. The van der Waals surface area contributed by atoms with Crippen molar-refractivity contribution < 1.29 is 13.9 Å². The number of nitrogens with zero attached hydrogens (tertiary/aromatic N) is 3. The van der Waals surface area contributed by atoms with Crippen molar-refractivity contribution in [2.45, 2.75) is 12.5 Å². The van der Waals surface area contributed by atoms with Crippen molar-refractivity contribution in [2.24, 2.45) is 0 Å². The fourth-order valence-electron chi connectivity index (χ4n) is 2.77. The zero-order chi connectivity index (χ0) is 15.6. The summed E-state index contributed by atoms with van der Waals surface area (Å²) in [6, 6.07) is 9.39. The van der Waals surface area contributed by atoms with E-state index in [1.165, 1.54) is 0 Å². The maximum atomic E-state index is 12.6. The number of benzene rings is 1. The van der Waals surface area contributed by atoms with Crippen molar-refractivity contribution >= 4 is 16.9 Å². The molecule has 1 fully saturated rings. The number of hydrogen-bond donors (Lipinski definition) is 0. The van der Waals surface area contributed by atoms with Gasteiger partial charge in [-0.15, -0.1) is 0 Å². The van der Waals surface area contributed by atoms with Crippen LogP contribution >= 0.6 is 0 Å². The molecule has 0 unspecified atom stereocenters. The number of ether oxygens (including phenoxy) is 1. The Kier molecular flexibility index (Phi) is 3.42. The number of furan rings is 1. The van der Waals surface area contributed by atoms with E-state index in [-0.39, 0.29) is 12.0 Å². The third-order valence-corrected chi connectivity index (χ3v) is 3.90. The molecule has 1 amide bonds. The monoisotopic (exact) mass is 309 g/mol. The van der Waals surface area contributed by atoms with Crippen molar-refractivity contribution in [1.29, 1.82) is 0 Å². The van der Waals surface area contributed by atoms with E-state index in [1.54, 1.807) is 29.6 Å². The van der Waals surface area contributed by atoms with Gasteiger partial charge < -0.3 is 14.1 Å². The molecule has 3 heterocycles. The van der Waals surface area contributed by atoms with Crippen molar-refractivity contribution in [1.82, 2.24) is 14.9 Å². The van der Waals surface area contributed by atoms with Crippen LogP contribution < -0.4 is 4.74 Å². The molecule has 6 nitrogen and oxygen atoms in total. The van der Waals surface area contributed by atoms with Crippen LogP contribution in [0.5, 0.6) is 5.88 Å². The normalized spacial score (nSPS) is 17.6. The van der Waals surface area contributed by atoms with Crippen LogP contribution in [0.4, 0.5) is 0 Å². The Morgan fingerprint density at radius 1 is 1.30 bits per heavy atom. The van der Waals surface area contributed by atoms with Crippen LogP contribution in [-0.2, 0) is 0 Å². The van der Waals surface area contributed by atoms with Gasteiger partial charge in [0.05, 0.1) is 12.7 Å². The molecule has 4 rings (SSSR count). The molecule has 0 bridgehead atoms. The summed E-state index contributed by atoms with van der Waals surface area (Å²) < 4.78 is 11.4. The number of likely N-dealkylation sites (tertiary alicyclic amines) is 1. The van der Waals surface area contributed by atoms with Crippen LogP contribution in [0, 0.1) is 0 Å². The lowest BCUT2D eigenvalue weighted by molar-refractivity contribution is 0.0742. The second-order valence-electron chi connectivity index (χ2n) is 5.47. The Morgan fingerprint density at radius 2 is 2.22 bits per heavy atom. The predicted octanol–water partition coefficient (Wildman–Crippen LogP) is 2.52. The van der Waals surface area contributed by atoms with Gasteiger partial charge in [-0.25, -0.2) is 4.98 Å². The summed E-state index contributed by atoms with van der Waals surface area (Å²) >= 11 is 0. The number of para-hydroxylation sites is 1. The molecule has 2 aromatic heterocycles. The summed E-state index contributed by atoms with van der Waals surface area (Å²) in [5.41, 5.74) is 0.724. The number of amides is 1. The highest BCUT2D eigenvalue weighted by Gasteiger charge is 2.30. The van der Waals surface area contributed by atoms with E-state index in [0.29, 0.717) is 24.7 Å². The molecule has 1 aliphatic rings. The van der Waals surface area contributed by atoms with Crippen LogP contribution in [0.1, 0.15) is 17.0 Å². The summed E-state index contributed by atoms with van der Waals surface area (Å²) in [6.45, 7) is 1.16. The Labute approximate surface area is 132 Å². The first-order valence-electron chi connectivity index (χ1n) is 7.50. The molecule has 6 heteroatoms. The second kappa shape index (κ2) is 5.72. The van der Waals surface area contributed by atoms with Crippen LogP contribution in [0.15, 0.2) is 53.3 Å². The average molecular weight is 309 g/mol. The zero-order valence-electron chi connectivity index (χ0n) is 12.4. The van der Waals surface area contributed by atoms with Gasteiger partial charge in [0.2, 0.25) is 5.88 Å². The molecular weight excluding hydrogens is 294 g/mol. The van der Waals surface area contributed by atoms with Crippen molar-refractivity contribution in [3.8, 4) is 5.88 Å². The highest BCUT2D eigenvalue weighted by molar-refractivity contribution is 5.96. The van der Waals surface area contributed by atoms with Gasteiger partial charge in [0.1, 0.15) is 11.7 Å². The molecule has 0 radical (unpaired) electrons. The molecule has 116 valence electrons. The maximum Gasteiger partial charge on any atom is 0.289 e. The van der Waals surface area contributed by atoms with Crippen LogP contribution in [0.3, 0.4) is 0 Å². The standard InChI is InChI=1S/C17H15N3O3/c21-17(15-9-12-3-1-2-4-14(12)23-15)20-8-5-13(11-20)22-16-10-18-6-7-19-16/h1-4,6-7,9-10,13H,5,8,11H2/t13-/m1/s1. The summed E-state index contributed by atoms with van der Waals surface area (Å²) in [7, 11) is 0. The summed E-state index contributed by atoms with van der Waals surface area (Å²) in [4.78, 5) is 22.4. The molecule has 23 heavy (non-hydrogen) atoms. The quantitative estimate of drug-likeness (QED) is 0.743. The van der Waals surface area contributed by atoms with E-state index in [1.807, 2.05) is 24.3 Å². The van der Waals surface area contributed by atoms with Gasteiger partial charge >= 0.3 is 0 Å². The third-order valence-electron chi connectivity index (χ3n) is 3.90. The largest absolute Gasteiger partial charge is 0.471 e. The van der Waals surface area contributed by atoms with E-state index < -0.39 is 0 Å². The minimum Gasteiger partial charge on any atom is -0.471 e. The molecule has 1 saturated heterocycles. The number of carbonyl (C=O) groups is 1. The van der Waals surface area contributed by atoms with Gasteiger partial charge in [0.15, 0.2) is 5.76 Å². The van der Waals surface area contributed by atoms with Crippen LogP contribution in [0.25, 0.3) is 11.0 Å². The summed E-state index contributed by atoms with van der Waals surface area (Å²) in [5.74, 6) is 0.744. The van der Waals surface area contributed by atoms with Gasteiger partial charge in [-0.1, -0.05) is 18.2 Å². The molecule has 3 aromatic rings. The second-order valence-corrected chi connectivity index (χ2v) is 5.47. The molecule has 1 atom stereocenters. The maximum absolute atomic E-state index is 12.6. The Morgan fingerprint density at radius 3 is 3.04 bits per heavy atom. The lowest BCUT2D eigenvalue weighted by atomic mass is 10.2. The van der Waals surface area contributed by atoms with Gasteiger partial charge in [0, 0.05) is 30.7 Å². The minimum atomic E-state index is -0.105. The SMILES string of the molecule is O=C(c1cc2ccccc2o1)N1CC[C@@H](Oc2cnccn2)C1. The van der Waals surface area contributed by atoms with Gasteiger partial charge in [-0.2, -0.15) is 0 Å². The lowest BCUT2D eigenvalue weighted by Gasteiger charge is -2.15. The van der Waals surface area contributed by atoms with Gasteiger partial charge in [-0.05, 0) is 12.1 Å². The van der Waals surface area contributed by atoms with Gasteiger partial charge in [0.25, 0.3) is 5.91 Å². The molecule has 1 aliphatic heterocycles. The smallest absolute Gasteiger partial charge is 0.289 e. The van der Waals surface area contributed by atoms with E-state index in [4.69, 9.17) is 9.15 Å². The molecule has 0 saturated carbocycles. The highest BCUT2D eigenvalue weighted by Crippen LogP contribution is 2.22. The molecule has 0 spiro atoms. The van der Waals surface area contributed by atoms with E-state index in [0.717, 1.165) is 17.4 Å². The molecular formula is C17H15N3O3. The number of aromatic nitrogens is 2. The first-order valence-corrected chi connectivity index (χ1v) is 7.50. The van der Waals surface area contributed by atoms with E-state index in [9.17, 15) is 4.79 Å². The van der Waals surface area contributed by atoms with Crippen LogP contribution in [-0.4, -0.2) is 40.0 Å². The number of fused-ring (bicyclic) bond motifs is 1. The van der Waals surface area contributed by atoms with Crippen molar-refractivity contribution in [3.63, 3.8) is 0 Å². The van der Waals surface area contributed by atoms with Gasteiger partial charge in [-0.3, -0.25) is 9.78 Å². The van der Waals surface area contributed by atoms with Crippen LogP contribution in [0.2, 0.25) is 0 Å². The average Bonchev–Trinajstić information content (AvgIpc) is 3.21. The third kappa shape index (κ3) is 2.75. The predicted molar refractivity (Wildman–Crippen MR) is 83.2 cm³/mol. The first-order chi connectivity index (χ1) is 11.3. The summed E-state index contributed by atoms with van der Waals surface area (Å²) in [5, 5.41) is 0.933. The topological polar surface area (TPSA) is 68.5 Å².